The first-order valence-electron chi connectivity index (χ1n) is 6.91. The Balaban J connectivity index is 2.43. The number of likely N-dealkylation sites (N-methyl/N-ethyl adjacent to an activating group) is 1. The van der Waals surface area contributed by atoms with Gasteiger partial charge in [-0.25, -0.2) is 0 Å². The van der Waals surface area contributed by atoms with Crippen LogP contribution in [-0.2, 0) is 4.79 Å². The number of phenols is 1. The molecule has 0 fully saturated rings. The van der Waals surface area contributed by atoms with Crippen LogP contribution in [0.2, 0.25) is 0 Å². The van der Waals surface area contributed by atoms with Gasteiger partial charge >= 0.3 is 5.97 Å². The molecule has 4 heteroatoms. The van der Waals surface area contributed by atoms with E-state index >= 15 is 0 Å². The summed E-state index contributed by atoms with van der Waals surface area (Å²) in [6, 6.07) is 16.6. The van der Waals surface area contributed by atoms with Crippen LogP contribution in [0.25, 0.3) is 0 Å². The van der Waals surface area contributed by atoms with Gasteiger partial charge in [0.1, 0.15) is 5.75 Å². The first kappa shape index (κ1) is 15.1. The molecule has 0 aromatic heterocycles. The normalized spacial score (nSPS) is 12.3. The number of carbonyl (C=O) groups is 1. The molecule has 2 aromatic rings. The van der Waals surface area contributed by atoms with Gasteiger partial charge in [-0.15, -0.1) is 0 Å². The number of carboxylic acids is 1. The number of benzene rings is 2. The van der Waals surface area contributed by atoms with E-state index in [2.05, 4.69) is 0 Å². The molecule has 0 radical (unpaired) electrons. The van der Waals surface area contributed by atoms with Crippen LogP contribution in [-0.4, -0.2) is 34.2 Å². The molecule has 0 aliphatic heterocycles. The molecular formula is C17H19NO3. The van der Waals surface area contributed by atoms with E-state index in [-0.39, 0.29) is 18.3 Å². The monoisotopic (exact) mass is 285 g/mol. The van der Waals surface area contributed by atoms with Crippen molar-refractivity contribution in [1.29, 1.82) is 0 Å². The maximum atomic E-state index is 11.1. The molecule has 0 saturated carbocycles. The second-order valence-electron chi connectivity index (χ2n) is 4.86. The summed E-state index contributed by atoms with van der Waals surface area (Å²) in [5.41, 5.74) is 1.99. The van der Waals surface area contributed by atoms with Gasteiger partial charge in [-0.1, -0.05) is 49.4 Å². The van der Waals surface area contributed by atoms with Crippen LogP contribution in [0.5, 0.6) is 5.75 Å². The van der Waals surface area contributed by atoms with E-state index in [9.17, 15) is 9.90 Å². The standard InChI is InChI=1S/C17H19NO3/c1-2-18(12-16(20)21)17(13-6-4-3-5-7-13)14-8-10-15(19)11-9-14/h3-11,17,19H,2,12H2,1H3,(H,20,21). The molecule has 21 heavy (non-hydrogen) atoms. The molecule has 2 aromatic carbocycles. The van der Waals surface area contributed by atoms with Gasteiger partial charge in [0.15, 0.2) is 0 Å². The Bertz CT molecular complexity index is 581. The maximum Gasteiger partial charge on any atom is 0.317 e. The molecule has 0 aliphatic rings. The van der Waals surface area contributed by atoms with Crippen molar-refractivity contribution in [3.05, 3.63) is 65.7 Å². The van der Waals surface area contributed by atoms with E-state index < -0.39 is 5.97 Å². The average molecular weight is 285 g/mol. The molecule has 1 unspecified atom stereocenters. The highest BCUT2D eigenvalue weighted by atomic mass is 16.4. The molecule has 4 nitrogen and oxygen atoms in total. The van der Waals surface area contributed by atoms with Crippen LogP contribution in [0, 0.1) is 0 Å². The fourth-order valence-corrected chi connectivity index (χ4v) is 2.47. The van der Waals surface area contributed by atoms with Crippen LogP contribution < -0.4 is 0 Å². The van der Waals surface area contributed by atoms with Crippen molar-refractivity contribution >= 4 is 5.97 Å². The van der Waals surface area contributed by atoms with Gasteiger partial charge in [-0.05, 0) is 29.8 Å². The molecule has 110 valence electrons. The van der Waals surface area contributed by atoms with E-state index in [0.717, 1.165) is 11.1 Å². The average Bonchev–Trinajstić information content (AvgIpc) is 2.49. The molecule has 0 saturated heterocycles. The van der Waals surface area contributed by atoms with Gasteiger partial charge in [-0.2, -0.15) is 0 Å². The van der Waals surface area contributed by atoms with Crippen molar-refractivity contribution in [2.75, 3.05) is 13.1 Å². The molecule has 0 amide bonds. The van der Waals surface area contributed by atoms with Gasteiger partial charge in [0.2, 0.25) is 0 Å². The number of rotatable bonds is 6. The predicted molar refractivity (Wildman–Crippen MR) is 81.3 cm³/mol. The van der Waals surface area contributed by atoms with Crippen molar-refractivity contribution in [2.45, 2.75) is 13.0 Å². The summed E-state index contributed by atoms with van der Waals surface area (Å²) in [5, 5.41) is 18.6. The van der Waals surface area contributed by atoms with Crippen molar-refractivity contribution in [2.24, 2.45) is 0 Å². The highest BCUT2D eigenvalue weighted by Gasteiger charge is 2.22. The predicted octanol–water partition coefficient (Wildman–Crippen LogP) is 2.89. The molecule has 2 N–H and O–H groups in total. The topological polar surface area (TPSA) is 60.8 Å². The smallest absolute Gasteiger partial charge is 0.317 e. The molecule has 0 spiro atoms. The van der Waals surface area contributed by atoms with Crippen molar-refractivity contribution in [3.63, 3.8) is 0 Å². The lowest BCUT2D eigenvalue weighted by atomic mass is 9.97. The molecule has 0 bridgehead atoms. The van der Waals surface area contributed by atoms with E-state index in [4.69, 9.17) is 5.11 Å². The first-order chi connectivity index (χ1) is 10.1. The lowest BCUT2D eigenvalue weighted by Gasteiger charge is -2.30. The number of nitrogens with zero attached hydrogens (tertiary/aromatic N) is 1. The summed E-state index contributed by atoms with van der Waals surface area (Å²) in [6.45, 7) is 2.53. The van der Waals surface area contributed by atoms with Gasteiger partial charge < -0.3 is 10.2 Å². The fourth-order valence-electron chi connectivity index (χ4n) is 2.47. The first-order valence-corrected chi connectivity index (χ1v) is 6.91. The van der Waals surface area contributed by atoms with Crippen LogP contribution in [0.3, 0.4) is 0 Å². The van der Waals surface area contributed by atoms with E-state index in [1.165, 1.54) is 0 Å². The summed E-state index contributed by atoms with van der Waals surface area (Å²) >= 11 is 0. The maximum absolute atomic E-state index is 11.1. The number of aromatic hydroxyl groups is 1. The third-order valence-corrected chi connectivity index (χ3v) is 3.43. The van der Waals surface area contributed by atoms with E-state index in [1.807, 2.05) is 54.3 Å². The minimum atomic E-state index is -0.850. The molecule has 0 heterocycles. The van der Waals surface area contributed by atoms with Crippen LogP contribution in [0.15, 0.2) is 54.6 Å². The highest BCUT2D eigenvalue weighted by molar-refractivity contribution is 5.69. The Morgan fingerprint density at radius 2 is 1.62 bits per heavy atom. The van der Waals surface area contributed by atoms with E-state index in [0.29, 0.717) is 6.54 Å². The number of aliphatic carboxylic acids is 1. The Hall–Kier alpha value is -2.33. The summed E-state index contributed by atoms with van der Waals surface area (Å²) in [7, 11) is 0. The minimum Gasteiger partial charge on any atom is -0.508 e. The summed E-state index contributed by atoms with van der Waals surface area (Å²) in [6.07, 6.45) is 0. The number of hydrogen-bond donors (Lipinski definition) is 2. The Morgan fingerprint density at radius 3 is 2.14 bits per heavy atom. The largest absolute Gasteiger partial charge is 0.508 e. The highest BCUT2D eigenvalue weighted by Crippen LogP contribution is 2.29. The Kier molecular flexibility index (Phi) is 4.95. The minimum absolute atomic E-state index is 0.0308. The Labute approximate surface area is 124 Å². The quantitative estimate of drug-likeness (QED) is 0.856. The van der Waals surface area contributed by atoms with Crippen LogP contribution in [0.4, 0.5) is 0 Å². The Morgan fingerprint density at radius 1 is 1.05 bits per heavy atom. The number of hydrogen-bond acceptors (Lipinski definition) is 3. The third-order valence-electron chi connectivity index (χ3n) is 3.43. The molecule has 0 aliphatic carbocycles. The molecule has 2 rings (SSSR count). The second-order valence-corrected chi connectivity index (χ2v) is 4.86. The fraction of sp³-hybridized carbons (Fsp3) is 0.235. The van der Waals surface area contributed by atoms with Crippen LogP contribution in [0.1, 0.15) is 24.1 Å². The SMILES string of the molecule is CCN(CC(=O)O)C(c1ccccc1)c1ccc(O)cc1. The number of phenolic OH excluding ortho intramolecular Hbond substituents is 1. The zero-order valence-electron chi connectivity index (χ0n) is 11.9. The summed E-state index contributed by atoms with van der Waals surface area (Å²) in [4.78, 5) is 13.0. The zero-order valence-corrected chi connectivity index (χ0v) is 11.9. The van der Waals surface area contributed by atoms with Crippen molar-refractivity contribution in [3.8, 4) is 5.75 Å². The summed E-state index contributed by atoms with van der Waals surface area (Å²) < 4.78 is 0. The molecule has 1 atom stereocenters. The molecular weight excluding hydrogens is 266 g/mol. The summed E-state index contributed by atoms with van der Waals surface area (Å²) in [5.74, 6) is -0.650. The lowest BCUT2D eigenvalue weighted by Crippen LogP contribution is -2.34. The second kappa shape index (κ2) is 6.90. The van der Waals surface area contributed by atoms with Gasteiger partial charge in [-0.3, -0.25) is 9.69 Å². The van der Waals surface area contributed by atoms with Gasteiger partial charge in [0, 0.05) is 0 Å². The lowest BCUT2D eigenvalue weighted by molar-refractivity contribution is -0.138. The van der Waals surface area contributed by atoms with Gasteiger partial charge in [0.25, 0.3) is 0 Å². The van der Waals surface area contributed by atoms with Crippen molar-refractivity contribution < 1.29 is 15.0 Å². The number of carboxylic acid groups (broad SMARTS) is 1. The van der Waals surface area contributed by atoms with E-state index in [1.54, 1.807) is 12.1 Å². The van der Waals surface area contributed by atoms with Crippen LogP contribution >= 0.6 is 0 Å². The van der Waals surface area contributed by atoms with Crippen molar-refractivity contribution in [1.82, 2.24) is 4.90 Å². The zero-order chi connectivity index (χ0) is 15.2. The third kappa shape index (κ3) is 3.83. The van der Waals surface area contributed by atoms with Gasteiger partial charge in [0.05, 0.1) is 12.6 Å².